The van der Waals surface area contributed by atoms with Crippen molar-refractivity contribution >= 4 is 0 Å². The lowest BCUT2D eigenvalue weighted by Crippen LogP contribution is -2.35. The summed E-state index contributed by atoms with van der Waals surface area (Å²) in [5, 5.41) is 10.2. The van der Waals surface area contributed by atoms with Crippen LogP contribution in [0.4, 0.5) is 4.39 Å². The quantitative estimate of drug-likeness (QED) is 0.811. The molecule has 2 nitrogen and oxygen atoms in total. The van der Waals surface area contributed by atoms with E-state index in [0.29, 0.717) is 11.8 Å². The van der Waals surface area contributed by atoms with Crippen molar-refractivity contribution in [1.29, 1.82) is 0 Å². The molecule has 2 fully saturated rings. The number of hydrogen-bond acceptors (Lipinski definition) is 2. The minimum atomic E-state index is -0.316. The van der Waals surface area contributed by atoms with Gasteiger partial charge in [-0.3, -0.25) is 0 Å². The standard InChI is InChI=1S/C14H17FO2/c15-11-4-1-9(2-5-11)14-12-8-17-7-10(12)3-6-13(14)16/h1-2,4-5,10,12-14,16H,3,6-8H2/t10-,12-,13+,14+/m1/s1. The molecule has 0 spiro atoms. The Morgan fingerprint density at radius 2 is 1.88 bits per heavy atom. The van der Waals surface area contributed by atoms with Crippen LogP contribution in [0.15, 0.2) is 24.3 Å². The molecule has 1 saturated carbocycles. The first-order chi connectivity index (χ1) is 8.25. The smallest absolute Gasteiger partial charge is 0.123 e. The number of aliphatic hydroxyl groups excluding tert-OH is 1. The number of fused-ring (bicyclic) bond motifs is 1. The lowest BCUT2D eigenvalue weighted by Gasteiger charge is -2.36. The highest BCUT2D eigenvalue weighted by Crippen LogP contribution is 2.44. The Morgan fingerprint density at radius 3 is 2.65 bits per heavy atom. The molecular weight excluding hydrogens is 219 g/mol. The van der Waals surface area contributed by atoms with Crippen LogP contribution in [0.2, 0.25) is 0 Å². The molecule has 1 aliphatic carbocycles. The largest absolute Gasteiger partial charge is 0.392 e. The van der Waals surface area contributed by atoms with E-state index in [2.05, 4.69) is 0 Å². The topological polar surface area (TPSA) is 29.5 Å². The molecule has 0 aromatic heterocycles. The average Bonchev–Trinajstić information content (AvgIpc) is 2.79. The van der Waals surface area contributed by atoms with Crippen molar-refractivity contribution in [2.24, 2.45) is 11.8 Å². The predicted molar refractivity (Wildman–Crippen MR) is 62.2 cm³/mol. The fourth-order valence-electron chi connectivity index (χ4n) is 3.31. The third kappa shape index (κ3) is 1.98. The van der Waals surface area contributed by atoms with Crippen LogP contribution in [0.1, 0.15) is 24.3 Å². The van der Waals surface area contributed by atoms with E-state index < -0.39 is 0 Å². The molecule has 0 amide bonds. The molecular formula is C14H17FO2. The first-order valence-corrected chi connectivity index (χ1v) is 6.27. The van der Waals surface area contributed by atoms with Crippen LogP contribution in [-0.4, -0.2) is 24.4 Å². The van der Waals surface area contributed by atoms with E-state index in [1.165, 1.54) is 12.1 Å². The van der Waals surface area contributed by atoms with Crippen molar-refractivity contribution in [3.63, 3.8) is 0 Å². The Hall–Kier alpha value is -0.930. The van der Waals surface area contributed by atoms with Crippen LogP contribution in [0, 0.1) is 17.7 Å². The first kappa shape index (κ1) is 11.2. The highest BCUT2D eigenvalue weighted by molar-refractivity contribution is 5.24. The zero-order valence-electron chi connectivity index (χ0n) is 9.68. The summed E-state index contributed by atoms with van der Waals surface area (Å²) in [4.78, 5) is 0. The third-order valence-corrected chi connectivity index (χ3v) is 4.21. The molecule has 4 atom stereocenters. The Labute approximate surface area is 100 Å². The maximum absolute atomic E-state index is 12.9. The maximum atomic E-state index is 12.9. The number of halogens is 1. The van der Waals surface area contributed by atoms with Crippen molar-refractivity contribution in [3.8, 4) is 0 Å². The van der Waals surface area contributed by atoms with E-state index in [-0.39, 0.29) is 17.8 Å². The summed E-state index contributed by atoms with van der Waals surface area (Å²) >= 11 is 0. The van der Waals surface area contributed by atoms with Crippen LogP contribution < -0.4 is 0 Å². The van der Waals surface area contributed by atoms with Gasteiger partial charge in [-0.05, 0) is 42.4 Å². The molecule has 1 aromatic carbocycles. The molecule has 17 heavy (non-hydrogen) atoms. The maximum Gasteiger partial charge on any atom is 0.123 e. The minimum Gasteiger partial charge on any atom is -0.392 e. The van der Waals surface area contributed by atoms with Crippen LogP contribution in [0.25, 0.3) is 0 Å². The van der Waals surface area contributed by atoms with Crippen molar-refractivity contribution in [2.45, 2.75) is 24.9 Å². The van der Waals surface area contributed by atoms with Crippen molar-refractivity contribution in [1.82, 2.24) is 0 Å². The Kier molecular flexibility index (Phi) is 2.89. The van der Waals surface area contributed by atoms with Gasteiger partial charge in [0.15, 0.2) is 0 Å². The summed E-state index contributed by atoms with van der Waals surface area (Å²) in [6.07, 6.45) is 1.55. The molecule has 92 valence electrons. The molecule has 1 N–H and O–H groups in total. The molecule has 2 aliphatic rings. The van der Waals surface area contributed by atoms with Crippen LogP contribution in [0.3, 0.4) is 0 Å². The fraction of sp³-hybridized carbons (Fsp3) is 0.571. The van der Waals surface area contributed by atoms with Crippen molar-refractivity contribution < 1.29 is 14.2 Å². The molecule has 1 aliphatic heterocycles. The van der Waals surface area contributed by atoms with Crippen molar-refractivity contribution in [2.75, 3.05) is 13.2 Å². The molecule has 1 saturated heterocycles. The summed E-state index contributed by atoms with van der Waals surface area (Å²) in [6, 6.07) is 6.54. The highest BCUT2D eigenvalue weighted by Gasteiger charge is 2.42. The Bertz CT molecular complexity index is 390. The lowest BCUT2D eigenvalue weighted by molar-refractivity contribution is 0.0581. The molecule has 3 rings (SSSR count). The van der Waals surface area contributed by atoms with Crippen LogP contribution >= 0.6 is 0 Å². The number of benzene rings is 1. The zero-order valence-corrected chi connectivity index (χ0v) is 9.68. The van der Waals surface area contributed by atoms with Crippen LogP contribution in [-0.2, 0) is 4.74 Å². The summed E-state index contributed by atoms with van der Waals surface area (Å²) in [5.74, 6) is 0.841. The fourth-order valence-corrected chi connectivity index (χ4v) is 3.31. The molecule has 0 unspecified atom stereocenters. The second-order valence-electron chi connectivity index (χ2n) is 5.18. The Balaban J connectivity index is 1.90. The number of ether oxygens (including phenoxy) is 1. The second kappa shape index (κ2) is 4.39. The highest BCUT2D eigenvalue weighted by atomic mass is 19.1. The summed E-state index contributed by atoms with van der Waals surface area (Å²) in [6.45, 7) is 1.54. The van der Waals surface area contributed by atoms with Gasteiger partial charge in [0.05, 0.1) is 12.7 Å². The van der Waals surface area contributed by atoms with E-state index in [4.69, 9.17) is 4.74 Å². The molecule has 0 radical (unpaired) electrons. The normalized spacial score (nSPS) is 36.8. The number of hydrogen-bond donors (Lipinski definition) is 1. The monoisotopic (exact) mass is 236 g/mol. The third-order valence-electron chi connectivity index (χ3n) is 4.21. The van der Waals surface area contributed by atoms with Crippen LogP contribution in [0.5, 0.6) is 0 Å². The van der Waals surface area contributed by atoms with E-state index in [0.717, 1.165) is 31.6 Å². The molecule has 1 heterocycles. The molecule has 3 heteroatoms. The summed E-state index contributed by atoms with van der Waals surface area (Å²) in [5.41, 5.74) is 1.04. The SMILES string of the molecule is O[C@H]1CC[C@@H]2COC[C@H]2[C@@H]1c1ccc(F)cc1. The first-order valence-electron chi connectivity index (χ1n) is 6.27. The Morgan fingerprint density at radius 1 is 1.12 bits per heavy atom. The van der Waals surface area contributed by atoms with E-state index in [9.17, 15) is 9.50 Å². The van der Waals surface area contributed by atoms with Gasteiger partial charge in [0.25, 0.3) is 0 Å². The van der Waals surface area contributed by atoms with Gasteiger partial charge < -0.3 is 9.84 Å². The van der Waals surface area contributed by atoms with Gasteiger partial charge in [-0.1, -0.05) is 12.1 Å². The second-order valence-corrected chi connectivity index (χ2v) is 5.18. The predicted octanol–water partition coefficient (Wildman–Crippen LogP) is 2.33. The minimum absolute atomic E-state index is 0.108. The van der Waals surface area contributed by atoms with E-state index in [1.54, 1.807) is 12.1 Å². The van der Waals surface area contributed by atoms with Gasteiger partial charge in [-0.25, -0.2) is 4.39 Å². The molecule has 1 aromatic rings. The van der Waals surface area contributed by atoms with Gasteiger partial charge in [-0.15, -0.1) is 0 Å². The number of aliphatic hydroxyl groups is 1. The van der Waals surface area contributed by atoms with Crippen molar-refractivity contribution in [3.05, 3.63) is 35.6 Å². The van der Waals surface area contributed by atoms with Gasteiger partial charge >= 0.3 is 0 Å². The zero-order chi connectivity index (χ0) is 11.8. The lowest BCUT2D eigenvalue weighted by atomic mass is 9.69. The van der Waals surface area contributed by atoms with E-state index in [1.807, 2.05) is 0 Å². The van der Waals surface area contributed by atoms with Gasteiger partial charge in [0.1, 0.15) is 5.82 Å². The van der Waals surface area contributed by atoms with E-state index >= 15 is 0 Å². The summed E-state index contributed by atoms with van der Waals surface area (Å²) < 4.78 is 18.5. The van der Waals surface area contributed by atoms with Gasteiger partial charge in [0.2, 0.25) is 0 Å². The van der Waals surface area contributed by atoms with Gasteiger partial charge in [-0.2, -0.15) is 0 Å². The molecule has 0 bridgehead atoms. The summed E-state index contributed by atoms with van der Waals surface area (Å²) in [7, 11) is 0. The van der Waals surface area contributed by atoms with Gasteiger partial charge in [0, 0.05) is 12.5 Å². The number of rotatable bonds is 1. The average molecular weight is 236 g/mol.